The predicted molar refractivity (Wildman–Crippen MR) is 108 cm³/mol. The minimum atomic E-state index is -0.803. The molecule has 1 aliphatic rings. The first-order valence-electron chi connectivity index (χ1n) is 9.87. The number of piperidine rings is 1. The van der Waals surface area contributed by atoms with E-state index in [1.165, 1.54) is 0 Å². The van der Waals surface area contributed by atoms with Crippen LogP contribution in [-0.2, 0) is 9.59 Å². The molecule has 1 unspecified atom stereocenters. The van der Waals surface area contributed by atoms with Crippen LogP contribution >= 0.6 is 0 Å². The molecule has 7 nitrogen and oxygen atoms in total. The highest BCUT2D eigenvalue weighted by molar-refractivity contribution is 5.78. The predicted octanol–water partition coefficient (Wildman–Crippen LogP) is 1.99. The fourth-order valence-electron chi connectivity index (χ4n) is 3.73. The van der Waals surface area contributed by atoms with E-state index in [0.29, 0.717) is 6.54 Å². The van der Waals surface area contributed by atoms with Crippen LogP contribution in [0.1, 0.15) is 38.3 Å². The Morgan fingerprint density at radius 3 is 2.36 bits per heavy atom. The van der Waals surface area contributed by atoms with Gasteiger partial charge in [0.15, 0.2) is 0 Å². The van der Waals surface area contributed by atoms with Gasteiger partial charge in [-0.05, 0) is 43.5 Å². The Balaban J connectivity index is 1.85. The van der Waals surface area contributed by atoms with E-state index in [1.807, 2.05) is 36.2 Å². The summed E-state index contributed by atoms with van der Waals surface area (Å²) in [5.41, 5.74) is 1.07. The summed E-state index contributed by atoms with van der Waals surface area (Å²) in [6, 6.07) is 8.03. The quantitative estimate of drug-likeness (QED) is 0.670. The molecular formula is C21H33N3O4. The van der Waals surface area contributed by atoms with E-state index >= 15 is 0 Å². The highest BCUT2D eigenvalue weighted by Crippen LogP contribution is 2.24. The number of methoxy groups -OCH3 is 1. The number of rotatable bonds is 9. The van der Waals surface area contributed by atoms with Crippen molar-refractivity contribution in [3.05, 3.63) is 29.8 Å². The lowest BCUT2D eigenvalue weighted by Crippen LogP contribution is -2.48. The van der Waals surface area contributed by atoms with E-state index in [2.05, 4.69) is 24.1 Å². The molecule has 0 spiro atoms. The van der Waals surface area contributed by atoms with Gasteiger partial charge in [-0.15, -0.1) is 0 Å². The van der Waals surface area contributed by atoms with E-state index in [0.717, 1.165) is 37.2 Å². The van der Waals surface area contributed by atoms with Crippen molar-refractivity contribution in [2.24, 2.45) is 5.92 Å². The highest BCUT2D eigenvalue weighted by atomic mass is 16.5. The molecule has 1 aromatic rings. The lowest BCUT2D eigenvalue weighted by Gasteiger charge is -2.36. The number of amides is 1. The maximum atomic E-state index is 12.6. The van der Waals surface area contributed by atoms with Crippen LogP contribution in [0.25, 0.3) is 0 Å². The lowest BCUT2D eigenvalue weighted by atomic mass is 9.96. The molecule has 0 bridgehead atoms. The van der Waals surface area contributed by atoms with Crippen molar-refractivity contribution in [3.8, 4) is 5.75 Å². The fourth-order valence-corrected chi connectivity index (χ4v) is 3.73. The molecule has 1 heterocycles. The van der Waals surface area contributed by atoms with Crippen molar-refractivity contribution in [1.29, 1.82) is 0 Å². The van der Waals surface area contributed by atoms with Crippen LogP contribution in [0.3, 0.4) is 0 Å². The summed E-state index contributed by atoms with van der Waals surface area (Å²) >= 11 is 0. The van der Waals surface area contributed by atoms with Gasteiger partial charge in [-0.3, -0.25) is 19.4 Å². The molecule has 28 heavy (non-hydrogen) atoms. The van der Waals surface area contributed by atoms with Crippen LogP contribution in [0.15, 0.2) is 24.3 Å². The molecular weight excluding hydrogens is 358 g/mol. The minimum absolute atomic E-state index is 0.0202. The van der Waals surface area contributed by atoms with E-state index < -0.39 is 5.97 Å². The topological polar surface area (TPSA) is 82.1 Å². The van der Waals surface area contributed by atoms with Gasteiger partial charge < -0.3 is 15.2 Å². The van der Waals surface area contributed by atoms with Crippen molar-refractivity contribution in [3.63, 3.8) is 0 Å². The lowest BCUT2D eigenvalue weighted by molar-refractivity contribution is -0.138. The molecule has 156 valence electrons. The normalized spacial score (nSPS) is 16.9. The number of aliphatic carboxylic acids is 1. The summed E-state index contributed by atoms with van der Waals surface area (Å²) in [4.78, 5) is 27.5. The summed E-state index contributed by atoms with van der Waals surface area (Å²) < 4.78 is 5.21. The third-order valence-electron chi connectivity index (χ3n) is 5.39. The average Bonchev–Trinajstić information content (AvgIpc) is 2.66. The van der Waals surface area contributed by atoms with Crippen molar-refractivity contribution >= 4 is 11.9 Å². The first-order chi connectivity index (χ1) is 13.3. The second kappa shape index (κ2) is 10.4. The van der Waals surface area contributed by atoms with Crippen molar-refractivity contribution < 1.29 is 19.4 Å². The van der Waals surface area contributed by atoms with E-state index in [-0.39, 0.29) is 30.5 Å². The number of carboxylic acids is 1. The molecule has 1 fully saturated rings. The van der Waals surface area contributed by atoms with Gasteiger partial charge in [0.2, 0.25) is 5.91 Å². The summed E-state index contributed by atoms with van der Waals surface area (Å²) in [6.45, 7) is 6.23. The number of nitrogens with zero attached hydrogens (tertiary/aromatic N) is 2. The SMILES string of the molecule is COc1ccc(C(NC(=O)CN2CCC(N(C)CC(=O)O)CC2)C(C)C)cc1. The number of benzene rings is 1. The second-order valence-corrected chi connectivity index (χ2v) is 7.88. The molecule has 1 aliphatic heterocycles. The Labute approximate surface area is 167 Å². The smallest absolute Gasteiger partial charge is 0.317 e. The van der Waals surface area contributed by atoms with Gasteiger partial charge in [0, 0.05) is 19.1 Å². The molecule has 0 radical (unpaired) electrons. The zero-order valence-electron chi connectivity index (χ0n) is 17.4. The fraction of sp³-hybridized carbons (Fsp3) is 0.619. The number of likely N-dealkylation sites (tertiary alicyclic amines) is 1. The maximum absolute atomic E-state index is 12.6. The Bertz CT molecular complexity index is 640. The second-order valence-electron chi connectivity index (χ2n) is 7.88. The molecule has 1 saturated heterocycles. The molecule has 2 rings (SSSR count). The standard InChI is InChI=1S/C21H33N3O4/c1-15(2)21(16-5-7-18(28-4)8-6-16)22-19(25)13-24-11-9-17(10-12-24)23(3)14-20(26)27/h5-8,15,17,21H,9-14H2,1-4H3,(H,22,25)(H,26,27). The number of hydrogen-bond donors (Lipinski definition) is 2. The Hall–Kier alpha value is -2.12. The Morgan fingerprint density at radius 1 is 1.25 bits per heavy atom. The van der Waals surface area contributed by atoms with Crippen LogP contribution in [0, 0.1) is 5.92 Å². The molecule has 0 aliphatic carbocycles. The monoisotopic (exact) mass is 391 g/mol. The number of likely N-dealkylation sites (N-methyl/N-ethyl adjacent to an activating group) is 1. The van der Waals surface area contributed by atoms with Crippen LogP contribution < -0.4 is 10.1 Å². The minimum Gasteiger partial charge on any atom is -0.497 e. The molecule has 0 saturated carbocycles. The first-order valence-corrected chi connectivity index (χ1v) is 9.87. The third-order valence-corrected chi connectivity index (χ3v) is 5.39. The molecule has 1 atom stereocenters. The van der Waals surface area contributed by atoms with Crippen LogP contribution in [0.2, 0.25) is 0 Å². The molecule has 1 amide bonds. The third kappa shape index (κ3) is 6.49. The summed E-state index contributed by atoms with van der Waals surface area (Å²) in [6.07, 6.45) is 1.76. The van der Waals surface area contributed by atoms with E-state index in [9.17, 15) is 9.59 Å². The van der Waals surface area contributed by atoms with Crippen LogP contribution in [0.5, 0.6) is 5.75 Å². The van der Waals surface area contributed by atoms with Crippen molar-refractivity contribution in [2.45, 2.75) is 38.8 Å². The van der Waals surface area contributed by atoms with Crippen LogP contribution in [-0.4, -0.2) is 73.2 Å². The van der Waals surface area contributed by atoms with Gasteiger partial charge in [-0.1, -0.05) is 26.0 Å². The summed E-state index contributed by atoms with van der Waals surface area (Å²) in [5.74, 6) is 0.287. The number of hydrogen-bond acceptors (Lipinski definition) is 5. The highest BCUT2D eigenvalue weighted by Gasteiger charge is 2.25. The van der Waals surface area contributed by atoms with Gasteiger partial charge >= 0.3 is 5.97 Å². The average molecular weight is 392 g/mol. The summed E-state index contributed by atoms with van der Waals surface area (Å²) in [5, 5.41) is 12.1. The first kappa shape index (κ1) is 22.2. The van der Waals surface area contributed by atoms with Gasteiger partial charge in [-0.2, -0.15) is 0 Å². The summed E-state index contributed by atoms with van der Waals surface area (Å²) in [7, 11) is 3.49. The zero-order chi connectivity index (χ0) is 20.7. The zero-order valence-corrected chi connectivity index (χ0v) is 17.4. The van der Waals surface area contributed by atoms with Gasteiger partial charge in [0.05, 0.1) is 26.2 Å². The molecule has 7 heteroatoms. The number of ether oxygens (including phenoxy) is 1. The number of carboxylic acid groups (broad SMARTS) is 1. The Kier molecular flexibility index (Phi) is 8.26. The number of nitrogens with one attached hydrogen (secondary N) is 1. The van der Waals surface area contributed by atoms with Crippen molar-refractivity contribution in [2.75, 3.05) is 40.3 Å². The maximum Gasteiger partial charge on any atom is 0.317 e. The van der Waals surface area contributed by atoms with Gasteiger partial charge in [0.25, 0.3) is 0 Å². The molecule has 2 N–H and O–H groups in total. The van der Waals surface area contributed by atoms with E-state index in [1.54, 1.807) is 7.11 Å². The molecule has 1 aromatic carbocycles. The number of carbonyl (C=O) groups is 2. The van der Waals surface area contributed by atoms with E-state index in [4.69, 9.17) is 9.84 Å². The van der Waals surface area contributed by atoms with Gasteiger partial charge in [0.1, 0.15) is 5.75 Å². The molecule has 0 aromatic heterocycles. The van der Waals surface area contributed by atoms with Crippen LogP contribution in [0.4, 0.5) is 0 Å². The van der Waals surface area contributed by atoms with Gasteiger partial charge in [-0.25, -0.2) is 0 Å². The Morgan fingerprint density at radius 2 is 1.86 bits per heavy atom. The number of carbonyl (C=O) groups excluding carboxylic acids is 1. The largest absolute Gasteiger partial charge is 0.497 e. The van der Waals surface area contributed by atoms with Crippen molar-refractivity contribution in [1.82, 2.24) is 15.1 Å².